The summed E-state index contributed by atoms with van der Waals surface area (Å²) < 4.78 is 22.8. The molecule has 0 spiro atoms. The molecule has 9 N–H and O–H groups in total. The van der Waals surface area contributed by atoms with Crippen LogP contribution in [0, 0.1) is 0 Å². The van der Waals surface area contributed by atoms with Gasteiger partial charge >= 0.3 is 0 Å². The molecule has 0 aromatic heterocycles. The van der Waals surface area contributed by atoms with Crippen LogP contribution in [-0.4, -0.2) is 140 Å². The second-order valence-electron chi connectivity index (χ2n) is 24.6. The van der Waals surface area contributed by atoms with Crippen LogP contribution in [0.2, 0.25) is 0 Å². The van der Waals surface area contributed by atoms with Crippen LogP contribution in [0.1, 0.15) is 239 Å². The van der Waals surface area contributed by atoms with Crippen molar-refractivity contribution in [3.63, 3.8) is 0 Å². The Bertz CT molecular complexity index is 2170. The monoisotopic (exact) mass is 1300 g/mol. The minimum atomic E-state index is -1.80. The summed E-state index contributed by atoms with van der Waals surface area (Å²) in [5.41, 5.74) is 0. The van der Waals surface area contributed by atoms with Crippen LogP contribution < -0.4 is 5.32 Å². The minimum absolute atomic E-state index is 0.241. The van der Waals surface area contributed by atoms with E-state index in [4.69, 9.17) is 18.9 Å². The normalized spacial score (nSPS) is 23.5. The van der Waals surface area contributed by atoms with Gasteiger partial charge < -0.3 is 65.1 Å². The van der Waals surface area contributed by atoms with Crippen molar-refractivity contribution in [1.29, 1.82) is 0 Å². The molecule has 2 heterocycles. The maximum absolute atomic E-state index is 13.3. The maximum atomic E-state index is 13.3. The fraction of sp³-hybridized carbons (Fsp3) is 0.658. The van der Waals surface area contributed by atoms with Crippen LogP contribution >= 0.6 is 0 Å². The number of carbonyl (C=O) groups is 1. The average Bonchev–Trinajstić information content (AvgIpc) is 0.958. The Morgan fingerprint density at radius 1 is 0.398 bits per heavy atom. The van der Waals surface area contributed by atoms with Crippen LogP contribution in [0.4, 0.5) is 0 Å². The van der Waals surface area contributed by atoms with E-state index in [-0.39, 0.29) is 18.9 Å². The van der Waals surface area contributed by atoms with Gasteiger partial charge in [0.1, 0.15) is 48.8 Å². The molecule has 12 atom stereocenters. The standard InChI is InChI=1S/C79H129NO13/c1-3-5-7-9-11-13-15-17-19-21-23-24-25-26-27-28-29-30-31-32-33-34-35-36-37-38-39-40-41-42-43-44-45-47-49-51-53-55-57-59-61-63-71(84)80-67(68(83)62-60-58-56-54-52-50-48-46-22-20-18-16-14-12-10-8-6-4-2)66-90-78-76(89)74(87)77(70(65-82)92-78)93-79-75(88)73(86)72(85)69(64-81)91-79/h5,7,11,13,17,19,23-24,26-27,29-30,32-33,35-36,38-39,41-42,44-45,49,51,60,62,67-70,72-79,81-83,85-89H,3-4,6,8-10,12,14-16,18,20-22,25,28,31,34,37,40,43,46-48,50,52-59,61,63-66H2,1-2H3,(H,80,84)/b7-5-,13-11-,19-17-,24-23-,27-26-,30-29-,33-32-,36-35-,39-38-,42-41-,45-44-,51-49-,62-60+. The average molecular weight is 1300 g/mol. The Hall–Kier alpha value is -4.39. The van der Waals surface area contributed by atoms with Crippen molar-refractivity contribution >= 4 is 5.91 Å². The third-order valence-corrected chi connectivity index (χ3v) is 16.5. The molecule has 0 aromatic rings. The number of carbonyl (C=O) groups excluding carboxylic acids is 1. The van der Waals surface area contributed by atoms with Gasteiger partial charge in [0.15, 0.2) is 12.6 Å². The first-order valence-electron chi connectivity index (χ1n) is 36.2. The van der Waals surface area contributed by atoms with Gasteiger partial charge in [-0.25, -0.2) is 0 Å². The van der Waals surface area contributed by atoms with Crippen LogP contribution in [-0.2, 0) is 23.7 Å². The summed E-state index contributed by atoms with van der Waals surface area (Å²) in [4.78, 5) is 13.3. The van der Waals surface area contributed by atoms with Crippen molar-refractivity contribution in [1.82, 2.24) is 5.32 Å². The number of nitrogens with one attached hydrogen (secondary N) is 1. The number of unbranched alkanes of at least 4 members (excludes halogenated alkanes) is 20. The number of rotatable bonds is 57. The summed E-state index contributed by atoms with van der Waals surface area (Å²) in [7, 11) is 0. The molecule has 93 heavy (non-hydrogen) atoms. The van der Waals surface area contributed by atoms with Gasteiger partial charge in [-0.2, -0.15) is 0 Å². The zero-order valence-corrected chi connectivity index (χ0v) is 57.4. The molecular formula is C79H129NO13. The Morgan fingerprint density at radius 3 is 1.14 bits per heavy atom. The van der Waals surface area contributed by atoms with E-state index in [2.05, 4.69) is 165 Å². The fourth-order valence-corrected chi connectivity index (χ4v) is 10.7. The number of ether oxygens (including phenoxy) is 4. The summed E-state index contributed by atoms with van der Waals surface area (Å²) in [5, 5.41) is 87.4. The van der Waals surface area contributed by atoms with Crippen LogP contribution in [0.15, 0.2) is 158 Å². The number of amides is 1. The van der Waals surface area contributed by atoms with Crippen LogP contribution in [0.5, 0.6) is 0 Å². The lowest BCUT2D eigenvalue weighted by Crippen LogP contribution is -2.65. The Labute approximate surface area is 563 Å². The number of allylic oxidation sites excluding steroid dienone is 25. The Morgan fingerprint density at radius 2 is 0.742 bits per heavy atom. The third kappa shape index (κ3) is 44.9. The van der Waals surface area contributed by atoms with Gasteiger partial charge in [0.2, 0.25) is 5.91 Å². The molecule has 2 aliphatic heterocycles. The lowest BCUT2D eigenvalue weighted by molar-refractivity contribution is -0.359. The van der Waals surface area contributed by atoms with Gasteiger partial charge in [-0.1, -0.05) is 281 Å². The van der Waals surface area contributed by atoms with Crippen molar-refractivity contribution < 1.29 is 64.6 Å². The molecule has 14 heteroatoms. The van der Waals surface area contributed by atoms with E-state index in [1.165, 1.54) is 89.9 Å². The van der Waals surface area contributed by atoms with E-state index in [9.17, 15) is 45.6 Å². The largest absolute Gasteiger partial charge is 0.394 e. The first-order valence-corrected chi connectivity index (χ1v) is 36.2. The number of aliphatic hydroxyl groups is 8. The number of hydrogen-bond donors (Lipinski definition) is 9. The molecule has 1 amide bonds. The maximum Gasteiger partial charge on any atom is 0.220 e. The van der Waals surface area contributed by atoms with Crippen LogP contribution in [0.25, 0.3) is 0 Å². The molecular weight excluding hydrogens is 1170 g/mol. The topological polar surface area (TPSA) is 228 Å². The highest BCUT2D eigenvalue weighted by Gasteiger charge is 2.51. The first-order chi connectivity index (χ1) is 45.6. The Kier molecular flexibility index (Phi) is 55.8. The quantitative estimate of drug-likeness (QED) is 0.0204. The number of aliphatic hydroxyl groups excluding tert-OH is 8. The Balaban J connectivity index is 1.66. The molecule has 0 saturated carbocycles. The zero-order chi connectivity index (χ0) is 67.3. The molecule has 0 aromatic carbocycles. The van der Waals surface area contributed by atoms with Crippen molar-refractivity contribution in [2.24, 2.45) is 0 Å². The third-order valence-electron chi connectivity index (χ3n) is 16.5. The predicted octanol–water partition coefficient (Wildman–Crippen LogP) is 15.4. The van der Waals surface area contributed by atoms with Crippen molar-refractivity contribution in [3.8, 4) is 0 Å². The van der Waals surface area contributed by atoms with E-state index in [0.29, 0.717) is 6.42 Å². The minimum Gasteiger partial charge on any atom is -0.394 e. The molecule has 528 valence electrons. The fourth-order valence-electron chi connectivity index (χ4n) is 10.7. The lowest BCUT2D eigenvalue weighted by Gasteiger charge is -2.46. The number of hydrogen-bond acceptors (Lipinski definition) is 13. The smallest absolute Gasteiger partial charge is 0.220 e. The van der Waals surface area contributed by atoms with E-state index < -0.39 is 86.8 Å². The van der Waals surface area contributed by atoms with Gasteiger partial charge in [-0.05, 0) is 109 Å². The van der Waals surface area contributed by atoms with E-state index in [1.807, 2.05) is 6.08 Å². The van der Waals surface area contributed by atoms with Gasteiger partial charge in [0, 0.05) is 6.42 Å². The summed E-state index contributed by atoms with van der Waals surface area (Å²) in [5.74, 6) is -0.269. The molecule has 2 rings (SSSR count). The second kappa shape index (κ2) is 61.2. The van der Waals surface area contributed by atoms with Crippen molar-refractivity contribution in [2.45, 2.75) is 312 Å². The molecule has 2 aliphatic rings. The first kappa shape index (κ1) is 84.7. The van der Waals surface area contributed by atoms with E-state index in [1.54, 1.807) is 6.08 Å². The summed E-state index contributed by atoms with van der Waals surface area (Å²) in [6.07, 6.45) is 77.2. The lowest BCUT2D eigenvalue weighted by atomic mass is 9.97. The molecule has 2 saturated heterocycles. The molecule has 0 aliphatic carbocycles. The van der Waals surface area contributed by atoms with Gasteiger partial charge in [0.25, 0.3) is 0 Å². The van der Waals surface area contributed by atoms with E-state index in [0.717, 1.165) is 122 Å². The van der Waals surface area contributed by atoms with Crippen molar-refractivity contribution in [2.75, 3.05) is 19.8 Å². The molecule has 2 fully saturated rings. The second-order valence-corrected chi connectivity index (χ2v) is 24.6. The van der Waals surface area contributed by atoms with Gasteiger partial charge in [-0.3, -0.25) is 4.79 Å². The van der Waals surface area contributed by atoms with Gasteiger partial charge in [0.05, 0.1) is 32.0 Å². The zero-order valence-electron chi connectivity index (χ0n) is 57.4. The van der Waals surface area contributed by atoms with Gasteiger partial charge in [-0.15, -0.1) is 0 Å². The van der Waals surface area contributed by atoms with Crippen LogP contribution in [0.3, 0.4) is 0 Å². The SMILES string of the molecule is CC/C=C\C/C=C\C/C=C\C/C=C\C/C=C\C/C=C\C/C=C\C/C=C\C/C=C\C/C=C\C/C=C\C/C=C\CCCCCCC(=O)NC(COC1OC(CO)C(OC2OC(CO)C(O)C(O)C2O)C(O)C1O)C(O)/C=C/CCCCCCCCCCCCCCCCCC. The van der Waals surface area contributed by atoms with Crippen molar-refractivity contribution in [3.05, 3.63) is 158 Å². The highest BCUT2D eigenvalue weighted by Crippen LogP contribution is 2.30. The summed E-state index contributed by atoms with van der Waals surface area (Å²) >= 11 is 0. The summed E-state index contributed by atoms with van der Waals surface area (Å²) in [6, 6.07) is -0.941. The predicted molar refractivity (Wildman–Crippen MR) is 382 cm³/mol. The highest BCUT2D eigenvalue weighted by atomic mass is 16.7. The molecule has 0 bridgehead atoms. The van der Waals surface area contributed by atoms with E-state index >= 15 is 0 Å². The molecule has 12 unspecified atom stereocenters. The highest BCUT2D eigenvalue weighted by molar-refractivity contribution is 5.76. The summed E-state index contributed by atoms with van der Waals surface area (Å²) in [6.45, 7) is 2.66. The molecule has 0 radical (unpaired) electrons. The molecule has 14 nitrogen and oxygen atoms in total.